The fraction of sp³-hybridized carbons (Fsp3) is 0.111. The van der Waals surface area contributed by atoms with Gasteiger partial charge in [-0.05, 0) is 29.8 Å². The van der Waals surface area contributed by atoms with Crippen LogP contribution in [0.15, 0.2) is 63.9 Å². The molecule has 2 aromatic carbocycles. The smallest absolute Gasteiger partial charge is 0.242 e. The number of benzene rings is 2. The first-order valence-corrected chi connectivity index (χ1v) is 10.6. The molecule has 0 amide bonds. The summed E-state index contributed by atoms with van der Waals surface area (Å²) in [5.74, 6) is 0. The van der Waals surface area contributed by atoms with Crippen LogP contribution in [0.4, 0.5) is 5.13 Å². The van der Waals surface area contributed by atoms with E-state index in [1.165, 1.54) is 29.7 Å². The fourth-order valence-corrected chi connectivity index (χ4v) is 3.87. The van der Waals surface area contributed by atoms with E-state index in [0.717, 1.165) is 16.8 Å². The van der Waals surface area contributed by atoms with E-state index in [9.17, 15) is 8.42 Å². The molecule has 0 saturated carbocycles. The van der Waals surface area contributed by atoms with E-state index in [1.807, 2.05) is 17.5 Å². The molecule has 0 fully saturated rings. The van der Waals surface area contributed by atoms with Gasteiger partial charge in [0.2, 0.25) is 15.2 Å². The predicted molar refractivity (Wildman–Crippen MR) is 111 cm³/mol. The highest BCUT2D eigenvalue weighted by molar-refractivity contribution is 7.89. The van der Waals surface area contributed by atoms with Gasteiger partial charge in [0.05, 0.1) is 16.8 Å². The van der Waals surface area contributed by atoms with Crippen LogP contribution < -0.4 is 5.43 Å². The minimum Gasteiger partial charge on any atom is -0.253 e. The number of hydrogen-bond acceptors (Lipinski definition) is 6. The molecular formula is C18H17ClN4O2S2. The van der Waals surface area contributed by atoms with Crippen molar-refractivity contribution in [1.29, 1.82) is 0 Å². The Labute approximate surface area is 167 Å². The largest absolute Gasteiger partial charge is 0.253 e. The van der Waals surface area contributed by atoms with Gasteiger partial charge < -0.3 is 0 Å². The molecule has 0 radical (unpaired) electrons. The molecule has 0 atom stereocenters. The van der Waals surface area contributed by atoms with Crippen LogP contribution >= 0.6 is 22.9 Å². The lowest BCUT2D eigenvalue weighted by Gasteiger charge is -2.11. The van der Waals surface area contributed by atoms with E-state index in [1.54, 1.807) is 42.6 Å². The van der Waals surface area contributed by atoms with Crippen molar-refractivity contribution in [2.45, 2.75) is 4.90 Å². The Morgan fingerprint density at radius 3 is 2.41 bits per heavy atom. The monoisotopic (exact) mass is 420 g/mol. The zero-order valence-electron chi connectivity index (χ0n) is 14.6. The van der Waals surface area contributed by atoms with Crippen molar-refractivity contribution in [1.82, 2.24) is 9.29 Å². The molecule has 27 heavy (non-hydrogen) atoms. The molecular weight excluding hydrogens is 404 g/mol. The molecule has 6 nitrogen and oxygen atoms in total. The third-order valence-electron chi connectivity index (χ3n) is 3.68. The van der Waals surface area contributed by atoms with Crippen LogP contribution in [0.3, 0.4) is 0 Å². The first-order chi connectivity index (χ1) is 12.9. The molecule has 0 unspecified atom stereocenters. The van der Waals surface area contributed by atoms with Gasteiger partial charge in [-0.3, -0.25) is 5.43 Å². The van der Waals surface area contributed by atoms with Gasteiger partial charge in [0, 0.05) is 30.1 Å². The zero-order chi connectivity index (χ0) is 19.4. The summed E-state index contributed by atoms with van der Waals surface area (Å²) in [7, 11) is -0.424. The van der Waals surface area contributed by atoms with E-state index in [2.05, 4.69) is 15.5 Å². The van der Waals surface area contributed by atoms with Crippen LogP contribution in [0.2, 0.25) is 5.02 Å². The molecule has 0 bridgehead atoms. The molecule has 3 rings (SSSR count). The summed E-state index contributed by atoms with van der Waals surface area (Å²) >= 11 is 7.26. The Morgan fingerprint density at radius 2 is 1.78 bits per heavy atom. The second kappa shape index (κ2) is 8.18. The van der Waals surface area contributed by atoms with Crippen molar-refractivity contribution in [3.05, 3.63) is 64.5 Å². The summed E-state index contributed by atoms with van der Waals surface area (Å²) in [6.07, 6.45) is 1.68. The van der Waals surface area contributed by atoms with Gasteiger partial charge in [0.1, 0.15) is 0 Å². The Kier molecular flexibility index (Phi) is 5.91. The second-order valence-corrected chi connectivity index (χ2v) is 9.22. The topological polar surface area (TPSA) is 74.7 Å². The number of anilines is 1. The number of hydrazone groups is 1. The number of thiazole rings is 1. The predicted octanol–water partition coefficient (Wildman–Crippen LogP) is 4.16. The second-order valence-electron chi connectivity index (χ2n) is 5.77. The van der Waals surface area contributed by atoms with Gasteiger partial charge >= 0.3 is 0 Å². The summed E-state index contributed by atoms with van der Waals surface area (Å²) in [5, 5.41) is 7.36. The number of sulfonamides is 1. The summed E-state index contributed by atoms with van der Waals surface area (Å²) < 4.78 is 25.4. The highest BCUT2D eigenvalue weighted by Crippen LogP contribution is 2.26. The highest BCUT2D eigenvalue weighted by Gasteiger charge is 2.17. The maximum atomic E-state index is 12.1. The van der Waals surface area contributed by atoms with Gasteiger partial charge in [0.25, 0.3) is 0 Å². The van der Waals surface area contributed by atoms with Crippen molar-refractivity contribution in [2.75, 3.05) is 19.5 Å². The van der Waals surface area contributed by atoms with E-state index in [4.69, 9.17) is 11.6 Å². The van der Waals surface area contributed by atoms with Gasteiger partial charge in [-0.25, -0.2) is 17.7 Å². The van der Waals surface area contributed by atoms with Crippen molar-refractivity contribution >= 4 is 44.3 Å². The maximum absolute atomic E-state index is 12.1. The molecule has 0 aliphatic rings. The number of hydrogen-bond donors (Lipinski definition) is 1. The molecule has 0 aliphatic heterocycles. The molecule has 140 valence electrons. The van der Waals surface area contributed by atoms with Gasteiger partial charge in [-0.1, -0.05) is 35.9 Å². The molecule has 3 aromatic rings. The number of halogens is 1. The average molecular weight is 421 g/mol. The Bertz CT molecular complexity index is 1040. The minimum absolute atomic E-state index is 0.248. The Hall–Kier alpha value is -2.26. The van der Waals surface area contributed by atoms with E-state index < -0.39 is 10.0 Å². The van der Waals surface area contributed by atoms with Crippen molar-refractivity contribution in [3.63, 3.8) is 0 Å². The molecule has 0 spiro atoms. The van der Waals surface area contributed by atoms with Crippen LogP contribution in [-0.4, -0.2) is 38.0 Å². The summed E-state index contributed by atoms with van der Waals surface area (Å²) in [4.78, 5) is 4.71. The molecule has 0 saturated heterocycles. The summed E-state index contributed by atoms with van der Waals surface area (Å²) in [5.41, 5.74) is 5.39. The SMILES string of the molecule is CN(C)S(=O)(=O)c1ccc(-c2csc(N/N=C\c3ccc(Cl)cc3)n2)cc1. The number of aromatic nitrogens is 1. The van der Waals surface area contributed by atoms with E-state index in [0.29, 0.717) is 10.2 Å². The lowest BCUT2D eigenvalue weighted by Crippen LogP contribution is -2.22. The zero-order valence-corrected chi connectivity index (χ0v) is 17.0. The lowest BCUT2D eigenvalue weighted by atomic mass is 10.2. The molecule has 1 N–H and O–H groups in total. The van der Waals surface area contributed by atoms with Gasteiger partial charge in [-0.15, -0.1) is 11.3 Å². The quantitative estimate of drug-likeness (QED) is 0.480. The third kappa shape index (κ3) is 4.72. The van der Waals surface area contributed by atoms with Crippen LogP contribution in [0, 0.1) is 0 Å². The van der Waals surface area contributed by atoms with Gasteiger partial charge in [-0.2, -0.15) is 5.10 Å². The standard InChI is InChI=1S/C18H17ClN4O2S2/c1-23(2)27(24,25)16-9-5-14(6-10-16)17-12-26-18(21-17)22-20-11-13-3-7-15(19)8-4-13/h3-12H,1-2H3,(H,21,22)/b20-11-. The van der Waals surface area contributed by atoms with Crippen LogP contribution in [0.5, 0.6) is 0 Å². The highest BCUT2D eigenvalue weighted by atomic mass is 35.5. The maximum Gasteiger partial charge on any atom is 0.242 e. The fourth-order valence-electron chi connectivity index (χ4n) is 2.18. The van der Waals surface area contributed by atoms with E-state index in [-0.39, 0.29) is 4.90 Å². The lowest BCUT2D eigenvalue weighted by molar-refractivity contribution is 0.521. The van der Waals surface area contributed by atoms with Crippen molar-refractivity contribution in [3.8, 4) is 11.3 Å². The first-order valence-electron chi connectivity index (χ1n) is 7.89. The Balaban J connectivity index is 1.69. The van der Waals surface area contributed by atoms with Gasteiger partial charge in [0.15, 0.2) is 0 Å². The Morgan fingerprint density at radius 1 is 1.11 bits per heavy atom. The third-order valence-corrected chi connectivity index (χ3v) is 6.50. The molecule has 0 aliphatic carbocycles. The van der Waals surface area contributed by atoms with Crippen LogP contribution in [-0.2, 0) is 10.0 Å². The number of nitrogens with zero attached hydrogens (tertiary/aromatic N) is 3. The molecule has 1 heterocycles. The summed E-state index contributed by atoms with van der Waals surface area (Å²) in [6, 6.07) is 14.0. The first kappa shape index (κ1) is 19.5. The van der Waals surface area contributed by atoms with Crippen LogP contribution in [0.25, 0.3) is 11.3 Å². The number of rotatable bonds is 6. The van der Waals surface area contributed by atoms with Crippen LogP contribution in [0.1, 0.15) is 5.56 Å². The van der Waals surface area contributed by atoms with Crippen molar-refractivity contribution < 1.29 is 8.42 Å². The number of nitrogens with one attached hydrogen (secondary N) is 1. The normalized spacial score (nSPS) is 12.0. The van der Waals surface area contributed by atoms with Crippen molar-refractivity contribution in [2.24, 2.45) is 5.10 Å². The average Bonchev–Trinajstić information content (AvgIpc) is 3.12. The molecule has 9 heteroatoms. The van der Waals surface area contributed by atoms with E-state index >= 15 is 0 Å². The summed E-state index contributed by atoms with van der Waals surface area (Å²) in [6.45, 7) is 0. The minimum atomic E-state index is -3.44. The molecule has 1 aromatic heterocycles.